The Balaban J connectivity index is 2.08. The summed E-state index contributed by atoms with van der Waals surface area (Å²) in [6.07, 6.45) is 2.41. The van der Waals surface area contributed by atoms with Crippen LogP contribution in [0, 0.1) is 10.1 Å². The van der Waals surface area contributed by atoms with Crippen LogP contribution in [-0.4, -0.2) is 34.3 Å². The van der Waals surface area contributed by atoms with Crippen molar-refractivity contribution in [2.24, 2.45) is 0 Å². The second-order valence-electron chi connectivity index (χ2n) is 5.29. The van der Waals surface area contributed by atoms with Crippen molar-refractivity contribution in [3.05, 3.63) is 33.3 Å². The predicted octanol–water partition coefficient (Wildman–Crippen LogP) is 2.94. The van der Waals surface area contributed by atoms with E-state index in [0.717, 1.165) is 12.8 Å². The zero-order chi connectivity index (χ0) is 17.0. The second kappa shape index (κ2) is 7.41. The Bertz CT molecular complexity index is 634. The van der Waals surface area contributed by atoms with Crippen LogP contribution in [-0.2, 0) is 9.59 Å². The summed E-state index contributed by atoms with van der Waals surface area (Å²) in [7, 11) is 0. The lowest BCUT2D eigenvalue weighted by atomic mass is 10.2. The molecular formula is C15H17ClN2O5. The first kappa shape index (κ1) is 17.2. The number of nitro groups is 1. The van der Waals surface area contributed by atoms with Gasteiger partial charge >= 0.3 is 5.97 Å². The fourth-order valence-electron chi connectivity index (χ4n) is 2.55. The van der Waals surface area contributed by atoms with Crippen LogP contribution in [0.1, 0.15) is 32.6 Å². The van der Waals surface area contributed by atoms with Gasteiger partial charge in [-0.1, -0.05) is 18.5 Å². The molecule has 1 aromatic carbocycles. The lowest BCUT2D eigenvalue weighted by Crippen LogP contribution is -2.42. The Morgan fingerprint density at radius 2 is 2.22 bits per heavy atom. The van der Waals surface area contributed by atoms with Crippen LogP contribution < -0.4 is 4.74 Å². The summed E-state index contributed by atoms with van der Waals surface area (Å²) in [6.45, 7) is 2.44. The van der Waals surface area contributed by atoms with Gasteiger partial charge in [0.05, 0.1) is 4.92 Å². The minimum absolute atomic E-state index is 0.0614. The van der Waals surface area contributed by atoms with Crippen molar-refractivity contribution in [1.29, 1.82) is 0 Å². The molecule has 1 aromatic rings. The highest BCUT2D eigenvalue weighted by atomic mass is 35.5. The van der Waals surface area contributed by atoms with Gasteiger partial charge in [-0.2, -0.15) is 0 Å². The molecule has 1 heterocycles. The maximum Gasteiger partial charge on any atom is 0.334 e. The Morgan fingerprint density at radius 1 is 1.48 bits per heavy atom. The third-order valence-electron chi connectivity index (χ3n) is 3.64. The maximum atomic E-state index is 12.3. The fourth-order valence-corrected chi connectivity index (χ4v) is 2.79. The van der Waals surface area contributed by atoms with Crippen molar-refractivity contribution in [1.82, 2.24) is 4.90 Å². The first-order chi connectivity index (χ1) is 10.9. The monoisotopic (exact) mass is 340 g/mol. The summed E-state index contributed by atoms with van der Waals surface area (Å²) in [5, 5.41) is 10.6. The topological polar surface area (TPSA) is 89.8 Å². The number of benzene rings is 1. The lowest BCUT2D eigenvalue weighted by molar-refractivity contribution is -0.384. The number of hydrogen-bond donors (Lipinski definition) is 0. The summed E-state index contributed by atoms with van der Waals surface area (Å²) in [6, 6.07) is 3.11. The molecule has 1 unspecified atom stereocenters. The molecule has 0 radical (unpaired) electrons. The number of nitrogens with zero attached hydrogens (tertiary/aromatic N) is 2. The number of rotatable bonds is 5. The molecule has 8 heteroatoms. The normalized spacial score (nSPS) is 17.1. The van der Waals surface area contributed by atoms with Crippen molar-refractivity contribution >= 4 is 29.2 Å². The summed E-state index contributed by atoms with van der Waals surface area (Å²) >= 11 is 5.79. The Morgan fingerprint density at radius 3 is 2.83 bits per heavy atom. The number of carbonyl (C=O) groups is 2. The molecule has 0 spiro atoms. The van der Waals surface area contributed by atoms with Crippen LogP contribution in [0.4, 0.5) is 5.69 Å². The highest BCUT2D eigenvalue weighted by Crippen LogP contribution is 2.29. The van der Waals surface area contributed by atoms with E-state index in [9.17, 15) is 19.7 Å². The van der Waals surface area contributed by atoms with Gasteiger partial charge < -0.3 is 9.64 Å². The van der Waals surface area contributed by atoms with E-state index in [2.05, 4.69) is 0 Å². The van der Waals surface area contributed by atoms with Crippen LogP contribution in [0.3, 0.4) is 0 Å². The van der Waals surface area contributed by atoms with E-state index in [0.29, 0.717) is 19.4 Å². The third kappa shape index (κ3) is 3.98. The molecule has 1 aliphatic heterocycles. The molecule has 1 fully saturated rings. The number of esters is 1. The summed E-state index contributed by atoms with van der Waals surface area (Å²) in [4.78, 5) is 35.9. The van der Waals surface area contributed by atoms with Crippen LogP contribution in [0.15, 0.2) is 18.2 Å². The Kier molecular flexibility index (Phi) is 5.54. The number of ether oxygens (including phenoxy) is 1. The molecule has 0 saturated carbocycles. The molecule has 23 heavy (non-hydrogen) atoms. The smallest absolute Gasteiger partial charge is 0.334 e. The highest BCUT2D eigenvalue weighted by Gasteiger charge is 2.35. The zero-order valence-corrected chi connectivity index (χ0v) is 13.4. The summed E-state index contributed by atoms with van der Waals surface area (Å²) in [5.41, 5.74) is -0.257. The average molecular weight is 341 g/mol. The van der Waals surface area contributed by atoms with Crippen molar-refractivity contribution in [2.75, 3.05) is 6.54 Å². The Hall–Kier alpha value is -2.15. The lowest BCUT2D eigenvalue weighted by Gasteiger charge is -2.23. The molecule has 1 amide bonds. The molecule has 0 N–H and O–H groups in total. The van der Waals surface area contributed by atoms with Gasteiger partial charge in [-0.3, -0.25) is 14.9 Å². The molecule has 0 aromatic heterocycles. The largest absolute Gasteiger partial charge is 0.425 e. The van der Waals surface area contributed by atoms with Crippen molar-refractivity contribution in [2.45, 2.75) is 38.6 Å². The number of likely N-dealkylation sites (tertiary alicyclic amines) is 1. The van der Waals surface area contributed by atoms with Crippen molar-refractivity contribution in [3.8, 4) is 5.75 Å². The van der Waals surface area contributed by atoms with E-state index in [1.165, 1.54) is 18.2 Å². The van der Waals surface area contributed by atoms with Gasteiger partial charge in [0.15, 0.2) is 0 Å². The fraction of sp³-hybridized carbons (Fsp3) is 0.467. The van der Waals surface area contributed by atoms with E-state index in [1.54, 1.807) is 4.90 Å². The first-order valence-electron chi connectivity index (χ1n) is 7.39. The molecule has 124 valence electrons. The van der Waals surface area contributed by atoms with Crippen LogP contribution in [0.2, 0.25) is 5.02 Å². The highest BCUT2D eigenvalue weighted by molar-refractivity contribution is 6.32. The second-order valence-corrected chi connectivity index (χ2v) is 5.69. The molecule has 1 atom stereocenters. The minimum atomic E-state index is -0.615. The number of nitro benzene ring substituents is 1. The van der Waals surface area contributed by atoms with Gasteiger partial charge in [0, 0.05) is 25.1 Å². The van der Waals surface area contributed by atoms with Gasteiger partial charge in [-0.05, 0) is 25.3 Å². The van der Waals surface area contributed by atoms with Gasteiger partial charge in [-0.15, -0.1) is 0 Å². The van der Waals surface area contributed by atoms with Gasteiger partial charge in [0.1, 0.15) is 16.8 Å². The number of halogens is 1. The summed E-state index contributed by atoms with van der Waals surface area (Å²) in [5.74, 6) is -0.481. The van der Waals surface area contributed by atoms with Gasteiger partial charge in [0.25, 0.3) is 5.69 Å². The molecule has 1 saturated heterocycles. The molecule has 2 rings (SSSR count). The molecule has 0 aliphatic carbocycles. The van der Waals surface area contributed by atoms with Crippen LogP contribution in [0.5, 0.6) is 5.75 Å². The van der Waals surface area contributed by atoms with Gasteiger partial charge in [-0.25, -0.2) is 4.79 Å². The van der Waals surface area contributed by atoms with E-state index in [1.807, 2.05) is 6.92 Å². The predicted molar refractivity (Wildman–Crippen MR) is 83.4 cm³/mol. The van der Waals surface area contributed by atoms with E-state index in [-0.39, 0.29) is 22.4 Å². The maximum absolute atomic E-state index is 12.3. The van der Waals surface area contributed by atoms with E-state index < -0.39 is 16.9 Å². The average Bonchev–Trinajstić information content (AvgIpc) is 2.96. The first-order valence-corrected chi connectivity index (χ1v) is 7.77. The molecule has 0 bridgehead atoms. The van der Waals surface area contributed by atoms with E-state index in [4.69, 9.17) is 16.3 Å². The number of carbonyl (C=O) groups excluding carboxylic acids is 2. The standard InChI is InChI=1S/C15H17ClN2O5/c1-2-4-14(19)17-8-3-5-13(17)15(20)23-10-6-7-12(18(21)22)11(16)9-10/h6-7,9,13H,2-5,8H2,1H3. The molecule has 7 nitrogen and oxygen atoms in total. The quantitative estimate of drug-likeness (QED) is 0.356. The van der Waals surface area contributed by atoms with Crippen molar-refractivity contribution < 1.29 is 19.2 Å². The van der Waals surface area contributed by atoms with Gasteiger partial charge in [0.2, 0.25) is 5.91 Å². The SMILES string of the molecule is CCCC(=O)N1CCCC1C(=O)Oc1ccc([N+](=O)[O-])c(Cl)c1. The molecule has 1 aliphatic rings. The third-order valence-corrected chi connectivity index (χ3v) is 3.95. The minimum Gasteiger partial charge on any atom is -0.425 e. The number of amides is 1. The van der Waals surface area contributed by atoms with Crippen LogP contribution >= 0.6 is 11.6 Å². The molecular weight excluding hydrogens is 324 g/mol. The van der Waals surface area contributed by atoms with Crippen LogP contribution in [0.25, 0.3) is 0 Å². The Labute approximate surface area is 138 Å². The zero-order valence-electron chi connectivity index (χ0n) is 12.7. The number of hydrogen-bond acceptors (Lipinski definition) is 5. The van der Waals surface area contributed by atoms with Crippen molar-refractivity contribution in [3.63, 3.8) is 0 Å². The summed E-state index contributed by atoms with van der Waals surface area (Å²) < 4.78 is 5.23. The van der Waals surface area contributed by atoms with E-state index >= 15 is 0 Å².